The lowest BCUT2D eigenvalue weighted by Gasteiger charge is -2.04. The molecule has 0 unspecified atom stereocenters. The van der Waals surface area contributed by atoms with E-state index in [4.69, 9.17) is 17.3 Å². The lowest BCUT2D eigenvalue weighted by Crippen LogP contribution is -2.01. The number of aromatic nitrogens is 2. The second-order valence-electron chi connectivity index (χ2n) is 3.68. The predicted molar refractivity (Wildman–Crippen MR) is 68.3 cm³/mol. The number of nitrogens with two attached hydrogens (primary N) is 1. The predicted octanol–water partition coefficient (Wildman–Crippen LogP) is 2.60. The molecule has 2 aromatic rings. The Morgan fingerprint density at radius 1 is 1.44 bits per heavy atom. The van der Waals surface area contributed by atoms with Crippen LogP contribution in [0.1, 0.15) is 5.56 Å². The molecule has 0 fully saturated rings. The van der Waals surface area contributed by atoms with Crippen molar-refractivity contribution in [3.05, 3.63) is 45.1 Å². The molecule has 6 nitrogen and oxygen atoms in total. The van der Waals surface area contributed by atoms with E-state index in [0.29, 0.717) is 10.6 Å². The molecular formula is C11H9ClN4O2. The average Bonchev–Trinajstić information content (AvgIpc) is 2.32. The van der Waals surface area contributed by atoms with Gasteiger partial charge in [-0.3, -0.25) is 10.1 Å². The van der Waals surface area contributed by atoms with Crippen LogP contribution in [-0.4, -0.2) is 14.9 Å². The van der Waals surface area contributed by atoms with E-state index in [-0.39, 0.29) is 17.3 Å². The molecule has 0 aliphatic heterocycles. The summed E-state index contributed by atoms with van der Waals surface area (Å²) in [5.41, 5.74) is 6.83. The Balaban J connectivity index is 2.65. The van der Waals surface area contributed by atoms with Crippen molar-refractivity contribution in [3.63, 3.8) is 0 Å². The van der Waals surface area contributed by atoms with E-state index in [1.54, 1.807) is 18.2 Å². The maximum atomic E-state index is 10.9. The number of benzene rings is 1. The molecule has 1 aromatic heterocycles. The van der Waals surface area contributed by atoms with Crippen molar-refractivity contribution in [3.8, 4) is 11.3 Å². The lowest BCUT2D eigenvalue weighted by molar-refractivity contribution is -0.384. The molecule has 18 heavy (non-hydrogen) atoms. The van der Waals surface area contributed by atoms with Gasteiger partial charge < -0.3 is 5.73 Å². The van der Waals surface area contributed by atoms with Crippen molar-refractivity contribution in [2.45, 2.75) is 6.92 Å². The quantitative estimate of drug-likeness (QED) is 0.664. The van der Waals surface area contributed by atoms with Gasteiger partial charge in [-0.1, -0.05) is 23.7 Å². The minimum atomic E-state index is -0.553. The second-order valence-corrected chi connectivity index (χ2v) is 4.09. The summed E-state index contributed by atoms with van der Waals surface area (Å²) >= 11 is 5.99. The molecule has 0 radical (unpaired) electrons. The van der Waals surface area contributed by atoms with Crippen molar-refractivity contribution in [2.75, 3.05) is 5.73 Å². The van der Waals surface area contributed by atoms with Gasteiger partial charge in [0.15, 0.2) is 5.69 Å². The Bertz CT molecular complexity index is 630. The van der Waals surface area contributed by atoms with Gasteiger partial charge in [0.2, 0.25) is 5.95 Å². The van der Waals surface area contributed by atoms with Crippen LogP contribution in [0.2, 0.25) is 5.02 Å². The fourth-order valence-corrected chi connectivity index (χ4v) is 1.66. The number of aryl methyl sites for hydroxylation is 1. The monoisotopic (exact) mass is 264 g/mol. The highest BCUT2D eigenvalue weighted by atomic mass is 35.5. The molecule has 1 heterocycles. The van der Waals surface area contributed by atoms with E-state index < -0.39 is 4.92 Å². The van der Waals surface area contributed by atoms with Gasteiger partial charge in [-0.25, -0.2) is 9.97 Å². The Morgan fingerprint density at radius 2 is 2.17 bits per heavy atom. The maximum Gasteiger partial charge on any atom is 0.313 e. The third-order valence-electron chi connectivity index (χ3n) is 2.43. The van der Waals surface area contributed by atoms with Crippen molar-refractivity contribution >= 4 is 23.2 Å². The number of hydrogen-bond donors (Lipinski definition) is 1. The van der Waals surface area contributed by atoms with Crippen LogP contribution in [0, 0.1) is 17.0 Å². The molecule has 2 N–H and O–H groups in total. The molecule has 0 amide bonds. The highest BCUT2D eigenvalue weighted by molar-refractivity contribution is 6.31. The Morgan fingerprint density at radius 3 is 2.78 bits per heavy atom. The first kappa shape index (κ1) is 12.3. The zero-order valence-corrected chi connectivity index (χ0v) is 10.2. The van der Waals surface area contributed by atoms with Gasteiger partial charge in [-0.05, 0) is 18.6 Å². The van der Waals surface area contributed by atoms with E-state index in [9.17, 15) is 10.1 Å². The molecule has 0 spiro atoms. The molecular weight excluding hydrogens is 256 g/mol. The highest BCUT2D eigenvalue weighted by Gasteiger charge is 2.18. The smallest absolute Gasteiger partial charge is 0.313 e. The molecule has 2 rings (SSSR count). The van der Waals surface area contributed by atoms with E-state index in [2.05, 4.69) is 9.97 Å². The van der Waals surface area contributed by atoms with Crippen LogP contribution in [0.4, 0.5) is 11.6 Å². The molecule has 0 bridgehead atoms. The Kier molecular flexibility index (Phi) is 3.12. The first-order valence-corrected chi connectivity index (χ1v) is 5.40. The number of halogens is 1. The summed E-state index contributed by atoms with van der Waals surface area (Å²) in [6, 6.07) is 5.08. The lowest BCUT2D eigenvalue weighted by atomic mass is 10.1. The fraction of sp³-hybridized carbons (Fsp3) is 0.0909. The maximum absolute atomic E-state index is 10.9. The summed E-state index contributed by atoms with van der Waals surface area (Å²) in [4.78, 5) is 17.9. The molecule has 0 saturated carbocycles. The van der Waals surface area contributed by atoms with E-state index >= 15 is 0 Å². The standard InChI is InChI=1S/C11H9ClN4O2/c1-6-2-3-7(4-8(6)12)10-9(16(17)18)5-14-11(13)15-10/h2-5H,1H3,(H2,13,14,15). The fourth-order valence-electron chi connectivity index (χ4n) is 1.48. The zero-order chi connectivity index (χ0) is 13.3. The van der Waals surface area contributed by atoms with Crippen molar-refractivity contribution in [2.24, 2.45) is 0 Å². The SMILES string of the molecule is Cc1ccc(-c2nc(N)ncc2[N+](=O)[O-])cc1Cl. The van der Waals surface area contributed by atoms with E-state index in [1.807, 2.05) is 6.92 Å². The number of hydrogen-bond acceptors (Lipinski definition) is 5. The summed E-state index contributed by atoms with van der Waals surface area (Å²) in [7, 11) is 0. The second kappa shape index (κ2) is 4.58. The van der Waals surface area contributed by atoms with Gasteiger partial charge >= 0.3 is 5.69 Å². The Labute approximate surface area is 108 Å². The third-order valence-corrected chi connectivity index (χ3v) is 2.84. The van der Waals surface area contributed by atoms with Crippen LogP contribution in [-0.2, 0) is 0 Å². The molecule has 0 atom stereocenters. The van der Waals surface area contributed by atoms with Gasteiger partial charge in [0, 0.05) is 10.6 Å². The van der Waals surface area contributed by atoms with Crippen LogP contribution in [0.15, 0.2) is 24.4 Å². The van der Waals surface area contributed by atoms with E-state index in [1.165, 1.54) is 0 Å². The van der Waals surface area contributed by atoms with Gasteiger partial charge in [0.05, 0.1) is 4.92 Å². The molecule has 7 heteroatoms. The third kappa shape index (κ3) is 2.23. The topological polar surface area (TPSA) is 94.9 Å². The summed E-state index contributed by atoms with van der Waals surface area (Å²) in [6.45, 7) is 1.84. The summed E-state index contributed by atoms with van der Waals surface area (Å²) in [6.07, 6.45) is 1.09. The van der Waals surface area contributed by atoms with Crippen LogP contribution < -0.4 is 5.73 Å². The zero-order valence-electron chi connectivity index (χ0n) is 9.42. The molecule has 0 saturated heterocycles. The van der Waals surface area contributed by atoms with Crippen molar-refractivity contribution in [1.29, 1.82) is 0 Å². The number of rotatable bonds is 2. The summed E-state index contributed by atoms with van der Waals surface area (Å²) in [5.74, 6) is -0.0210. The van der Waals surface area contributed by atoms with Crippen LogP contribution >= 0.6 is 11.6 Å². The minimum absolute atomic E-state index is 0.0210. The normalized spacial score (nSPS) is 10.3. The Hall–Kier alpha value is -2.21. The number of nitrogen functional groups attached to an aromatic ring is 1. The van der Waals surface area contributed by atoms with Gasteiger partial charge in [0.25, 0.3) is 0 Å². The number of anilines is 1. The molecule has 0 aliphatic carbocycles. The highest BCUT2D eigenvalue weighted by Crippen LogP contribution is 2.30. The first-order chi connectivity index (χ1) is 8.49. The first-order valence-electron chi connectivity index (χ1n) is 5.02. The van der Waals surface area contributed by atoms with E-state index in [0.717, 1.165) is 11.8 Å². The molecule has 92 valence electrons. The van der Waals surface area contributed by atoms with Crippen molar-refractivity contribution < 1.29 is 4.92 Å². The van der Waals surface area contributed by atoms with Gasteiger partial charge in [-0.2, -0.15) is 0 Å². The average molecular weight is 265 g/mol. The van der Waals surface area contributed by atoms with Crippen LogP contribution in [0.3, 0.4) is 0 Å². The van der Waals surface area contributed by atoms with Gasteiger partial charge in [0.1, 0.15) is 6.20 Å². The van der Waals surface area contributed by atoms with Gasteiger partial charge in [-0.15, -0.1) is 0 Å². The van der Waals surface area contributed by atoms with Crippen molar-refractivity contribution in [1.82, 2.24) is 9.97 Å². The summed E-state index contributed by atoms with van der Waals surface area (Å²) < 4.78 is 0. The van der Waals surface area contributed by atoms with Crippen LogP contribution in [0.5, 0.6) is 0 Å². The number of nitrogens with zero attached hydrogens (tertiary/aromatic N) is 3. The number of nitro groups is 1. The van der Waals surface area contributed by atoms with Crippen LogP contribution in [0.25, 0.3) is 11.3 Å². The summed E-state index contributed by atoms with van der Waals surface area (Å²) in [5, 5.41) is 11.4. The molecule has 0 aliphatic rings. The molecule has 1 aromatic carbocycles. The minimum Gasteiger partial charge on any atom is -0.368 e. The largest absolute Gasteiger partial charge is 0.368 e.